The standard InChI is InChI=1S/C19H34N4O3/c1-2-3-4-9-20-19(26)16-7-12-22(13-8-16)15-17(24)21-14-18(25)23-10-5-6-11-23/h16H,2-15H2,1H3,(H,20,26)(H,21,24). The first-order valence-electron chi connectivity index (χ1n) is 10.1. The molecule has 2 heterocycles. The maximum absolute atomic E-state index is 12.1. The lowest BCUT2D eigenvalue weighted by Crippen LogP contribution is -2.46. The zero-order chi connectivity index (χ0) is 18.8. The Morgan fingerprint density at radius 2 is 1.65 bits per heavy atom. The molecule has 7 heteroatoms. The summed E-state index contributed by atoms with van der Waals surface area (Å²) in [6.07, 6.45) is 7.03. The van der Waals surface area contributed by atoms with Crippen molar-refractivity contribution in [3.05, 3.63) is 0 Å². The van der Waals surface area contributed by atoms with Crippen LogP contribution >= 0.6 is 0 Å². The summed E-state index contributed by atoms with van der Waals surface area (Å²) in [5, 5.41) is 5.75. The smallest absolute Gasteiger partial charge is 0.241 e. The van der Waals surface area contributed by atoms with Crippen LogP contribution in [0.15, 0.2) is 0 Å². The van der Waals surface area contributed by atoms with E-state index in [4.69, 9.17) is 0 Å². The Morgan fingerprint density at radius 1 is 0.962 bits per heavy atom. The molecule has 0 saturated carbocycles. The van der Waals surface area contributed by atoms with Crippen LogP contribution < -0.4 is 10.6 Å². The number of amides is 3. The molecule has 26 heavy (non-hydrogen) atoms. The summed E-state index contributed by atoms with van der Waals surface area (Å²) in [7, 11) is 0. The van der Waals surface area contributed by atoms with E-state index in [2.05, 4.69) is 22.5 Å². The minimum absolute atomic E-state index is 0.00861. The molecule has 0 spiro atoms. The van der Waals surface area contributed by atoms with Gasteiger partial charge in [-0.05, 0) is 45.2 Å². The molecule has 2 saturated heterocycles. The van der Waals surface area contributed by atoms with Crippen LogP contribution in [0.1, 0.15) is 51.9 Å². The SMILES string of the molecule is CCCCCNC(=O)C1CCN(CC(=O)NCC(=O)N2CCCC2)CC1. The van der Waals surface area contributed by atoms with Gasteiger partial charge in [0.05, 0.1) is 13.1 Å². The number of piperidine rings is 1. The van der Waals surface area contributed by atoms with E-state index in [9.17, 15) is 14.4 Å². The van der Waals surface area contributed by atoms with Gasteiger partial charge in [0.1, 0.15) is 0 Å². The van der Waals surface area contributed by atoms with Gasteiger partial charge in [0.15, 0.2) is 0 Å². The fourth-order valence-corrected chi connectivity index (χ4v) is 3.60. The van der Waals surface area contributed by atoms with Crippen LogP contribution in [0.2, 0.25) is 0 Å². The minimum atomic E-state index is -0.111. The lowest BCUT2D eigenvalue weighted by Gasteiger charge is -2.30. The number of rotatable bonds is 9. The van der Waals surface area contributed by atoms with Gasteiger partial charge in [0.2, 0.25) is 17.7 Å². The molecule has 0 aromatic heterocycles. The van der Waals surface area contributed by atoms with E-state index in [-0.39, 0.29) is 30.2 Å². The topological polar surface area (TPSA) is 81.8 Å². The highest BCUT2D eigenvalue weighted by atomic mass is 16.2. The quantitative estimate of drug-likeness (QED) is 0.590. The van der Waals surface area contributed by atoms with Gasteiger partial charge in [-0.2, -0.15) is 0 Å². The molecule has 0 aromatic rings. The second-order valence-electron chi connectivity index (χ2n) is 7.41. The molecule has 0 aromatic carbocycles. The third kappa shape index (κ3) is 6.94. The molecule has 0 unspecified atom stereocenters. The summed E-state index contributed by atoms with van der Waals surface area (Å²) in [5.74, 6) is 0.114. The third-order valence-corrected chi connectivity index (χ3v) is 5.30. The zero-order valence-electron chi connectivity index (χ0n) is 16.1. The van der Waals surface area contributed by atoms with Crippen molar-refractivity contribution in [1.82, 2.24) is 20.4 Å². The van der Waals surface area contributed by atoms with E-state index < -0.39 is 0 Å². The normalized spacial score (nSPS) is 18.7. The molecule has 0 radical (unpaired) electrons. The molecular formula is C19H34N4O3. The number of unbranched alkanes of at least 4 members (excludes halogenated alkanes) is 2. The Kier molecular flexibility index (Phi) is 8.88. The molecule has 3 amide bonds. The highest BCUT2D eigenvalue weighted by Gasteiger charge is 2.26. The van der Waals surface area contributed by atoms with Crippen molar-refractivity contribution >= 4 is 17.7 Å². The second kappa shape index (κ2) is 11.2. The van der Waals surface area contributed by atoms with Crippen LogP contribution in [0.4, 0.5) is 0 Å². The van der Waals surface area contributed by atoms with Crippen molar-refractivity contribution in [2.45, 2.75) is 51.9 Å². The van der Waals surface area contributed by atoms with Crippen molar-refractivity contribution in [3.8, 4) is 0 Å². The monoisotopic (exact) mass is 366 g/mol. The molecule has 0 atom stereocenters. The summed E-state index contributed by atoms with van der Waals surface area (Å²) >= 11 is 0. The summed E-state index contributed by atoms with van der Waals surface area (Å²) < 4.78 is 0. The fourth-order valence-electron chi connectivity index (χ4n) is 3.60. The first-order valence-corrected chi connectivity index (χ1v) is 10.1. The lowest BCUT2D eigenvalue weighted by molar-refractivity contribution is -0.132. The maximum Gasteiger partial charge on any atom is 0.241 e. The van der Waals surface area contributed by atoms with Crippen LogP contribution in [-0.2, 0) is 14.4 Å². The molecule has 2 fully saturated rings. The van der Waals surface area contributed by atoms with Crippen LogP contribution in [0.25, 0.3) is 0 Å². The molecule has 0 aliphatic carbocycles. The largest absolute Gasteiger partial charge is 0.356 e. The van der Waals surface area contributed by atoms with E-state index >= 15 is 0 Å². The summed E-state index contributed by atoms with van der Waals surface area (Å²) in [4.78, 5) is 40.0. The molecule has 2 rings (SSSR count). The Hall–Kier alpha value is -1.63. The predicted octanol–water partition coefficient (Wildman–Crippen LogP) is 0.743. The number of carbonyl (C=O) groups excluding carboxylic acids is 3. The van der Waals surface area contributed by atoms with Gasteiger partial charge in [-0.1, -0.05) is 19.8 Å². The highest BCUT2D eigenvalue weighted by molar-refractivity contribution is 5.85. The van der Waals surface area contributed by atoms with E-state index in [0.717, 1.165) is 77.7 Å². The number of hydrogen-bond donors (Lipinski definition) is 2. The van der Waals surface area contributed by atoms with Crippen LogP contribution in [0.5, 0.6) is 0 Å². The van der Waals surface area contributed by atoms with Crippen molar-refractivity contribution in [2.75, 3.05) is 45.8 Å². The van der Waals surface area contributed by atoms with Crippen LogP contribution in [-0.4, -0.2) is 73.3 Å². The Bertz CT molecular complexity index is 469. The fraction of sp³-hybridized carbons (Fsp3) is 0.842. The van der Waals surface area contributed by atoms with Crippen molar-refractivity contribution in [2.24, 2.45) is 5.92 Å². The summed E-state index contributed by atoms with van der Waals surface area (Å²) in [6.45, 7) is 6.43. The van der Waals surface area contributed by atoms with Gasteiger partial charge in [-0.3, -0.25) is 19.3 Å². The average molecular weight is 367 g/mol. The molecule has 7 nitrogen and oxygen atoms in total. The molecule has 2 aliphatic heterocycles. The third-order valence-electron chi connectivity index (χ3n) is 5.30. The number of nitrogens with one attached hydrogen (secondary N) is 2. The zero-order valence-corrected chi connectivity index (χ0v) is 16.1. The number of nitrogens with zero attached hydrogens (tertiary/aromatic N) is 2. The van der Waals surface area contributed by atoms with E-state index in [1.807, 2.05) is 4.90 Å². The van der Waals surface area contributed by atoms with Gasteiger partial charge in [0, 0.05) is 25.6 Å². The van der Waals surface area contributed by atoms with Gasteiger partial charge < -0.3 is 15.5 Å². The van der Waals surface area contributed by atoms with Gasteiger partial charge in [-0.25, -0.2) is 0 Å². The highest BCUT2D eigenvalue weighted by Crippen LogP contribution is 2.17. The Labute approximate surface area is 156 Å². The van der Waals surface area contributed by atoms with E-state index in [0.29, 0.717) is 6.54 Å². The summed E-state index contributed by atoms with van der Waals surface area (Å²) in [6, 6.07) is 0. The molecule has 148 valence electrons. The van der Waals surface area contributed by atoms with Crippen molar-refractivity contribution < 1.29 is 14.4 Å². The van der Waals surface area contributed by atoms with Gasteiger partial charge in [0.25, 0.3) is 0 Å². The van der Waals surface area contributed by atoms with E-state index in [1.165, 1.54) is 0 Å². The van der Waals surface area contributed by atoms with Crippen LogP contribution in [0.3, 0.4) is 0 Å². The van der Waals surface area contributed by atoms with E-state index in [1.54, 1.807) is 0 Å². The molecule has 2 N–H and O–H groups in total. The van der Waals surface area contributed by atoms with Crippen molar-refractivity contribution in [3.63, 3.8) is 0 Å². The predicted molar refractivity (Wildman–Crippen MR) is 101 cm³/mol. The maximum atomic E-state index is 12.1. The number of likely N-dealkylation sites (tertiary alicyclic amines) is 2. The lowest BCUT2D eigenvalue weighted by atomic mass is 9.96. The first-order chi connectivity index (χ1) is 12.6. The van der Waals surface area contributed by atoms with Crippen LogP contribution in [0, 0.1) is 5.92 Å². The average Bonchev–Trinajstić information content (AvgIpc) is 3.18. The Morgan fingerprint density at radius 3 is 2.31 bits per heavy atom. The van der Waals surface area contributed by atoms with Gasteiger partial charge in [-0.15, -0.1) is 0 Å². The minimum Gasteiger partial charge on any atom is -0.356 e. The second-order valence-corrected chi connectivity index (χ2v) is 7.41. The van der Waals surface area contributed by atoms with Gasteiger partial charge >= 0.3 is 0 Å². The summed E-state index contributed by atoms with van der Waals surface area (Å²) in [5.41, 5.74) is 0. The van der Waals surface area contributed by atoms with Crippen molar-refractivity contribution in [1.29, 1.82) is 0 Å². The first kappa shape index (κ1) is 20.7. The Balaban J connectivity index is 1.58. The number of carbonyl (C=O) groups is 3. The molecular weight excluding hydrogens is 332 g/mol. The number of hydrogen-bond acceptors (Lipinski definition) is 4. The molecule has 2 aliphatic rings. The molecule has 0 bridgehead atoms.